The van der Waals surface area contributed by atoms with Crippen LogP contribution in [0.3, 0.4) is 0 Å². The number of nitrogens with zero attached hydrogens (tertiary/aromatic N) is 1. The Morgan fingerprint density at radius 2 is 2.15 bits per heavy atom. The van der Waals surface area contributed by atoms with Gasteiger partial charge in [-0.1, -0.05) is 12.1 Å². The zero-order valence-corrected chi connectivity index (χ0v) is 14.4. The number of amides is 1. The lowest BCUT2D eigenvalue weighted by atomic mass is 9.92. The van der Waals surface area contributed by atoms with Gasteiger partial charge in [0.1, 0.15) is 11.6 Å². The lowest BCUT2D eigenvalue weighted by molar-refractivity contribution is -0.124. The van der Waals surface area contributed by atoms with Gasteiger partial charge < -0.3 is 20.5 Å². The van der Waals surface area contributed by atoms with Crippen LogP contribution in [0, 0.1) is 11.7 Å². The molecule has 3 rings (SSSR count). The average molecular weight is 359 g/mol. The van der Waals surface area contributed by atoms with Gasteiger partial charge in [-0.2, -0.15) is 0 Å². The van der Waals surface area contributed by atoms with Gasteiger partial charge in [0, 0.05) is 38.1 Å². The Morgan fingerprint density at radius 1 is 1.35 bits per heavy atom. The molecular formula is C19H22FN3O3. The molecule has 138 valence electrons. The topological polar surface area (TPSA) is 86.5 Å². The van der Waals surface area contributed by atoms with Crippen LogP contribution in [-0.2, 0) is 16.1 Å². The number of rotatable bonds is 6. The van der Waals surface area contributed by atoms with E-state index in [2.05, 4.69) is 10.3 Å². The van der Waals surface area contributed by atoms with E-state index in [9.17, 15) is 9.18 Å². The maximum atomic E-state index is 13.2. The fourth-order valence-corrected chi connectivity index (χ4v) is 2.82. The summed E-state index contributed by atoms with van der Waals surface area (Å²) < 4.78 is 23.9. The second-order valence-electron chi connectivity index (χ2n) is 6.26. The highest BCUT2D eigenvalue weighted by Gasteiger charge is 2.26. The number of pyridine rings is 1. The standard InChI is InChI=1S/C19H22FN3O3/c20-15-2-1-3-16(10-15)26-17-5-4-13(11-22-17)12-23-19(24)18(21)14-6-8-25-9-7-14/h1-5,10-11,14,18H,6-9,12,21H2,(H,23,24). The number of ether oxygens (including phenoxy) is 2. The van der Waals surface area contributed by atoms with Crippen molar-refractivity contribution in [1.82, 2.24) is 10.3 Å². The van der Waals surface area contributed by atoms with E-state index in [1.54, 1.807) is 30.5 Å². The summed E-state index contributed by atoms with van der Waals surface area (Å²) in [5, 5.41) is 2.84. The molecule has 1 unspecified atom stereocenters. The second-order valence-corrected chi connectivity index (χ2v) is 6.26. The number of carbonyl (C=O) groups excluding carboxylic acids is 1. The van der Waals surface area contributed by atoms with Gasteiger partial charge in [-0.3, -0.25) is 4.79 Å². The Morgan fingerprint density at radius 3 is 2.85 bits per heavy atom. The summed E-state index contributed by atoms with van der Waals surface area (Å²) >= 11 is 0. The minimum Gasteiger partial charge on any atom is -0.439 e. The molecular weight excluding hydrogens is 337 g/mol. The molecule has 1 aromatic heterocycles. The van der Waals surface area contributed by atoms with E-state index in [0.717, 1.165) is 18.4 Å². The monoisotopic (exact) mass is 359 g/mol. The fourth-order valence-electron chi connectivity index (χ4n) is 2.82. The van der Waals surface area contributed by atoms with Gasteiger partial charge in [0.2, 0.25) is 11.8 Å². The smallest absolute Gasteiger partial charge is 0.237 e. The molecule has 0 spiro atoms. The number of hydrogen-bond donors (Lipinski definition) is 2. The van der Waals surface area contributed by atoms with Crippen molar-refractivity contribution in [2.75, 3.05) is 13.2 Å². The highest BCUT2D eigenvalue weighted by Crippen LogP contribution is 2.20. The minimum absolute atomic E-state index is 0.156. The lowest BCUT2D eigenvalue weighted by Gasteiger charge is -2.26. The molecule has 1 aromatic carbocycles. The van der Waals surface area contributed by atoms with Crippen molar-refractivity contribution in [3.05, 3.63) is 54.0 Å². The summed E-state index contributed by atoms with van der Waals surface area (Å²) in [4.78, 5) is 16.4. The van der Waals surface area contributed by atoms with Crippen LogP contribution in [0.4, 0.5) is 4.39 Å². The molecule has 2 heterocycles. The molecule has 0 bridgehead atoms. The van der Waals surface area contributed by atoms with Crippen molar-refractivity contribution in [1.29, 1.82) is 0 Å². The van der Waals surface area contributed by atoms with Crippen LogP contribution in [-0.4, -0.2) is 30.1 Å². The maximum absolute atomic E-state index is 13.2. The summed E-state index contributed by atoms with van der Waals surface area (Å²) in [6.07, 6.45) is 3.22. The van der Waals surface area contributed by atoms with Gasteiger partial charge in [0.05, 0.1) is 6.04 Å². The van der Waals surface area contributed by atoms with Crippen LogP contribution in [0.15, 0.2) is 42.6 Å². The van der Waals surface area contributed by atoms with Crippen molar-refractivity contribution >= 4 is 5.91 Å². The number of benzene rings is 1. The Labute approximate surface area is 151 Å². The predicted molar refractivity (Wildman–Crippen MR) is 94.1 cm³/mol. The van der Waals surface area contributed by atoms with Gasteiger partial charge >= 0.3 is 0 Å². The van der Waals surface area contributed by atoms with Crippen molar-refractivity contribution in [2.24, 2.45) is 11.7 Å². The zero-order chi connectivity index (χ0) is 18.4. The largest absolute Gasteiger partial charge is 0.439 e. The van der Waals surface area contributed by atoms with Crippen LogP contribution in [0.1, 0.15) is 18.4 Å². The number of aromatic nitrogens is 1. The number of halogens is 1. The van der Waals surface area contributed by atoms with Crippen molar-refractivity contribution in [3.8, 4) is 11.6 Å². The van der Waals surface area contributed by atoms with E-state index in [1.165, 1.54) is 12.1 Å². The quantitative estimate of drug-likeness (QED) is 0.827. The summed E-state index contributed by atoms with van der Waals surface area (Å²) in [7, 11) is 0. The van der Waals surface area contributed by atoms with Gasteiger partial charge in [-0.25, -0.2) is 9.37 Å². The van der Waals surface area contributed by atoms with Crippen LogP contribution in [0.5, 0.6) is 11.6 Å². The molecule has 1 aliphatic heterocycles. The Kier molecular flexibility index (Phi) is 6.14. The number of carbonyl (C=O) groups is 1. The van der Waals surface area contributed by atoms with E-state index < -0.39 is 6.04 Å². The molecule has 0 radical (unpaired) electrons. The fraction of sp³-hybridized carbons (Fsp3) is 0.368. The van der Waals surface area contributed by atoms with E-state index in [1.807, 2.05) is 0 Å². The molecule has 6 nitrogen and oxygen atoms in total. The highest BCUT2D eigenvalue weighted by atomic mass is 19.1. The number of hydrogen-bond acceptors (Lipinski definition) is 5. The third-order valence-corrected chi connectivity index (χ3v) is 4.36. The van der Waals surface area contributed by atoms with E-state index in [0.29, 0.717) is 31.4 Å². The molecule has 1 aliphatic rings. The molecule has 0 aliphatic carbocycles. The minimum atomic E-state index is -0.526. The van der Waals surface area contributed by atoms with Gasteiger partial charge in [0.15, 0.2) is 0 Å². The summed E-state index contributed by atoms with van der Waals surface area (Å²) in [6, 6.07) is 8.78. The first kappa shape index (κ1) is 18.3. The molecule has 1 fully saturated rings. The Hall–Kier alpha value is -2.51. The van der Waals surface area contributed by atoms with Crippen molar-refractivity contribution in [3.63, 3.8) is 0 Å². The maximum Gasteiger partial charge on any atom is 0.237 e. The molecule has 7 heteroatoms. The Bertz CT molecular complexity index is 733. The lowest BCUT2D eigenvalue weighted by Crippen LogP contribution is -2.46. The van der Waals surface area contributed by atoms with Crippen LogP contribution >= 0.6 is 0 Å². The van der Waals surface area contributed by atoms with Crippen LogP contribution < -0.4 is 15.8 Å². The zero-order valence-electron chi connectivity index (χ0n) is 14.4. The van der Waals surface area contributed by atoms with E-state index in [4.69, 9.17) is 15.2 Å². The molecule has 2 aromatic rings. The Balaban J connectivity index is 1.50. The first-order valence-corrected chi connectivity index (χ1v) is 8.61. The first-order chi connectivity index (χ1) is 12.6. The molecule has 0 saturated carbocycles. The summed E-state index contributed by atoms with van der Waals surface area (Å²) in [6.45, 7) is 1.65. The van der Waals surface area contributed by atoms with Crippen LogP contribution in [0.2, 0.25) is 0 Å². The van der Waals surface area contributed by atoms with Gasteiger partial charge in [-0.05, 0) is 36.5 Å². The molecule has 3 N–H and O–H groups in total. The first-order valence-electron chi connectivity index (χ1n) is 8.61. The normalized spacial score (nSPS) is 16.1. The third kappa shape index (κ3) is 5.00. The molecule has 1 atom stereocenters. The molecule has 1 amide bonds. The van der Waals surface area contributed by atoms with E-state index in [-0.39, 0.29) is 17.6 Å². The van der Waals surface area contributed by atoms with Gasteiger partial charge in [-0.15, -0.1) is 0 Å². The summed E-state index contributed by atoms with van der Waals surface area (Å²) in [5.74, 6) is 0.342. The number of nitrogens with one attached hydrogen (secondary N) is 1. The predicted octanol–water partition coefficient (Wildman–Crippen LogP) is 2.38. The number of nitrogens with two attached hydrogens (primary N) is 1. The third-order valence-electron chi connectivity index (χ3n) is 4.36. The molecule has 26 heavy (non-hydrogen) atoms. The van der Waals surface area contributed by atoms with Crippen molar-refractivity contribution < 1.29 is 18.7 Å². The van der Waals surface area contributed by atoms with Gasteiger partial charge in [0.25, 0.3) is 0 Å². The highest BCUT2D eigenvalue weighted by molar-refractivity contribution is 5.81. The summed E-state index contributed by atoms with van der Waals surface area (Å²) in [5.41, 5.74) is 6.87. The van der Waals surface area contributed by atoms with Crippen molar-refractivity contribution in [2.45, 2.75) is 25.4 Å². The average Bonchev–Trinajstić information content (AvgIpc) is 2.67. The molecule has 1 saturated heterocycles. The SMILES string of the molecule is NC(C(=O)NCc1ccc(Oc2cccc(F)c2)nc1)C1CCOCC1. The second kappa shape index (κ2) is 8.73. The van der Waals surface area contributed by atoms with Crippen LogP contribution in [0.25, 0.3) is 0 Å². The van der Waals surface area contributed by atoms with E-state index >= 15 is 0 Å².